The first-order chi connectivity index (χ1) is 21.7. The Kier molecular flexibility index (Phi) is 13.5. The van der Waals surface area contributed by atoms with E-state index in [4.69, 9.17) is 23.7 Å². The van der Waals surface area contributed by atoms with Crippen molar-refractivity contribution in [2.75, 3.05) is 13.7 Å². The van der Waals surface area contributed by atoms with Crippen LogP contribution >= 0.6 is 0 Å². The fourth-order valence-corrected chi connectivity index (χ4v) is 6.76. The van der Waals surface area contributed by atoms with Gasteiger partial charge in [0.25, 0.3) is 0 Å². The molecule has 4 fully saturated rings. The maximum Gasteiger partial charge on any atom is 0.186 e. The molecule has 18 heteroatoms. The molecule has 0 spiro atoms. The van der Waals surface area contributed by atoms with Crippen LogP contribution in [-0.2, 0) is 23.7 Å². The van der Waals surface area contributed by atoms with E-state index in [1.54, 1.807) is 0 Å². The van der Waals surface area contributed by atoms with Crippen LogP contribution in [0.2, 0.25) is 0 Å². The fraction of sp³-hybridized carbons (Fsp3) is 1.00. The molecule has 0 aliphatic carbocycles. The fourth-order valence-electron chi connectivity index (χ4n) is 6.76. The summed E-state index contributed by atoms with van der Waals surface area (Å²) in [7, 11) is 1.25. The number of ether oxygens (including phenoxy) is 5. The first-order valence-corrected chi connectivity index (χ1v) is 15.6. The summed E-state index contributed by atoms with van der Waals surface area (Å²) in [6, 6.07) is 0. The predicted molar refractivity (Wildman–Crippen MR) is 149 cm³/mol. The van der Waals surface area contributed by atoms with Crippen LogP contribution in [0.4, 0.5) is 0 Å². The minimum absolute atomic E-state index is 0.00406. The molecule has 4 aliphatic rings. The zero-order chi connectivity index (χ0) is 34.0. The van der Waals surface area contributed by atoms with Crippen LogP contribution in [0.3, 0.4) is 0 Å². The lowest BCUT2D eigenvalue weighted by molar-refractivity contribution is -0.293. The molecular formula is C28H50O18. The van der Waals surface area contributed by atoms with E-state index < -0.39 is 129 Å². The average molecular weight is 675 g/mol. The third-order valence-electron chi connectivity index (χ3n) is 9.72. The largest absolute Gasteiger partial charge is 0.394 e. The van der Waals surface area contributed by atoms with Gasteiger partial charge >= 0.3 is 0 Å². The van der Waals surface area contributed by atoms with Gasteiger partial charge in [-0.1, -0.05) is 0 Å². The Morgan fingerprint density at radius 1 is 0.348 bits per heavy atom. The van der Waals surface area contributed by atoms with Gasteiger partial charge in [0, 0.05) is 7.11 Å². The molecule has 0 amide bonds. The van der Waals surface area contributed by atoms with Gasteiger partial charge in [0.15, 0.2) is 6.29 Å². The van der Waals surface area contributed by atoms with E-state index in [1.165, 1.54) is 7.11 Å². The summed E-state index contributed by atoms with van der Waals surface area (Å²) in [5.41, 5.74) is 0. The van der Waals surface area contributed by atoms with Crippen molar-refractivity contribution in [3.05, 3.63) is 0 Å². The van der Waals surface area contributed by atoms with Crippen molar-refractivity contribution in [1.29, 1.82) is 0 Å². The Balaban J connectivity index is 1.33. The Bertz CT molecular complexity index is 857. The van der Waals surface area contributed by atoms with Crippen LogP contribution in [0, 0.1) is 0 Å². The second-order valence-corrected chi connectivity index (χ2v) is 12.7. The van der Waals surface area contributed by atoms with E-state index in [0.29, 0.717) is 0 Å². The molecule has 13 N–H and O–H groups in total. The molecule has 4 rings (SSSR count). The van der Waals surface area contributed by atoms with Gasteiger partial charge in [-0.25, -0.2) is 0 Å². The normalized spacial score (nSPS) is 52.0. The zero-order valence-corrected chi connectivity index (χ0v) is 25.4. The molecule has 0 saturated carbocycles. The van der Waals surface area contributed by atoms with Crippen molar-refractivity contribution in [2.45, 2.75) is 161 Å². The second-order valence-electron chi connectivity index (χ2n) is 12.7. The average Bonchev–Trinajstić information content (AvgIpc) is 3.05. The molecule has 4 heterocycles. The molecule has 18 nitrogen and oxygen atoms in total. The lowest BCUT2D eigenvalue weighted by Crippen LogP contribution is -2.60. The lowest BCUT2D eigenvalue weighted by Gasteiger charge is -2.44. The molecule has 46 heavy (non-hydrogen) atoms. The topological polar surface area (TPSA) is 309 Å². The van der Waals surface area contributed by atoms with E-state index >= 15 is 0 Å². The lowest BCUT2D eigenvalue weighted by atomic mass is 9.86. The number of hydrogen-bond acceptors (Lipinski definition) is 18. The minimum atomic E-state index is -1.64. The van der Waals surface area contributed by atoms with Gasteiger partial charge in [-0.05, 0) is 38.5 Å². The molecule has 0 bridgehead atoms. The van der Waals surface area contributed by atoms with Crippen LogP contribution < -0.4 is 0 Å². The summed E-state index contributed by atoms with van der Waals surface area (Å²) in [6.07, 6.45) is -27.4. The highest BCUT2D eigenvalue weighted by molar-refractivity contribution is 4.98. The standard InChI is InChI=1S/C28H50O18/c1-42-28-27(41)26(40)21(35)14(46-28)7-6-12-19(33)24(38)17(31)10(44-12)3-2-9-16(30)23(37)18(32)11(43-9)4-5-13-20(34)25(39)22(36)15(8-29)45-13/h9-41H,2-8H2,1H3/t9-,10+,11+,12-,13-,14+,15+,16-,17-,18-,19-,20-,21-,22-,23?,24-,25+,26-,27+,28+/m0/s1. The van der Waals surface area contributed by atoms with Crippen molar-refractivity contribution >= 4 is 0 Å². The Labute approximate surface area is 264 Å². The summed E-state index contributed by atoms with van der Waals surface area (Å²) in [5, 5.41) is 134. The minimum Gasteiger partial charge on any atom is -0.394 e. The Morgan fingerprint density at radius 2 is 0.587 bits per heavy atom. The highest BCUT2D eigenvalue weighted by Gasteiger charge is 2.49. The van der Waals surface area contributed by atoms with Crippen molar-refractivity contribution in [3.63, 3.8) is 0 Å². The number of methoxy groups -OCH3 is 1. The predicted octanol–water partition coefficient (Wildman–Crippen LogP) is -6.68. The smallest absolute Gasteiger partial charge is 0.186 e. The van der Waals surface area contributed by atoms with Crippen LogP contribution in [0.5, 0.6) is 0 Å². The molecule has 0 aromatic heterocycles. The van der Waals surface area contributed by atoms with Gasteiger partial charge in [0.1, 0.15) is 79.4 Å². The third kappa shape index (κ3) is 8.01. The van der Waals surface area contributed by atoms with Crippen molar-refractivity contribution in [3.8, 4) is 0 Å². The highest BCUT2D eigenvalue weighted by atomic mass is 16.7. The first kappa shape index (κ1) is 38.1. The van der Waals surface area contributed by atoms with E-state index in [1.807, 2.05) is 0 Å². The van der Waals surface area contributed by atoms with E-state index in [-0.39, 0.29) is 38.5 Å². The van der Waals surface area contributed by atoms with Gasteiger partial charge in [0.2, 0.25) is 0 Å². The zero-order valence-electron chi connectivity index (χ0n) is 25.4. The first-order valence-electron chi connectivity index (χ1n) is 15.6. The number of rotatable bonds is 11. The van der Waals surface area contributed by atoms with Gasteiger partial charge in [-0.3, -0.25) is 0 Å². The summed E-state index contributed by atoms with van der Waals surface area (Å²) in [4.78, 5) is 0. The van der Waals surface area contributed by atoms with Gasteiger partial charge in [-0.15, -0.1) is 0 Å². The van der Waals surface area contributed by atoms with Crippen LogP contribution in [0.15, 0.2) is 0 Å². The van der Waals surface area contributed by atoms with Crippen molar-refractivity contribution in [1.82, 2.24) is 0 Å². The van der Waals surface area contributed by atoms with Gasteiger partial charge < -0.3 is 90.1 Å². The Morgan fingerprint density at radius 3 is 0.870 bits per heavy atom. The van der Waals surface area contributed by atoms with Crippen LogP contribution in [0.25, 0.3) is 0 Å². The molecule has 0 aromatic carbocycles. The summed E-state index contributed by atoms with van der Waals surface area (Å²) in [6.45, 7) is -0.615. The van der Waals surface area contributed by atoms with Crippen molar-refractivity contribution < 1.29 is 90.1 Å². The van der Waals surface area contributed by atoms with Gasteiger partial charge in [0.05, 0.1) is 43.2 Å². The molecule has 0 radical (unpaired) electrons. The van der Waals surface area contributed by atoms with E-state index in [0.717, 1.165) is 0 Å². The third-order valence-corrected chi connectivity index (χ3v) is 9.72. The van der Waals surface area contributed by atoms with Crippen molar-refractivity contribution in [2.24, 2.45) is 0 Å². The maximum atomic E-state index is 10.6. The number of aliphatic hydroxyl groups is 13. The van der Waals surface area contributed by atoms with Gasteiger partial charge in [-0.2, -0.15) is 0 Å². The van der Waals surface area contributed by atoms with Crippen LogP contribution in [-0.4, -0.2) is 202 Å². The van der Waals surface area contributed by atoms with E-state index in [2.05, 4.69) is 0 Å². The SMILES string of the molecule is CO[C@@H]1O[C@H](CC[C@@H]2O[C@H](CC[C@@H]3O[C@H](CC[C@@H]4O[C@H](CO)[C@H](O)[C@H](O)[C@H]4O)[C@H](O)C(O)[C@H]3O)[C@H](O)[C@H](O)[C@H]2O)[C@H](O)[C@H](O)[C@H]1O. The molecule has 270 valence electrons. The molecule has 1 unspecified atom stereocenters. The van der Waals surface area contributed by atoms with E-state index in [9.17, 15) is 66.4 Å². The maximum absolute atomic E-state index is 10.6. The molecule has 0 aromatic rings. The molecule has 4 saturated heterocycles. The summed E-state index contributed by atoms with van der Waals surface area (Å²) in [5.74, 6) is 0. The quantitative estimate of drug-likeness (QED) is 0.0968. The molecule has 20 atom stereocenters. The summed E-state index contributed by atoms with van der Waals surface area (Å²) >= 11 is 0. The number of hydrogen-bond donors (Lipinski definition) is 13. The summed E-state index contributed by atoms with van der Waals surface area (Å²) < 4.78 is 27.8. The monoisotopic (exact) mass is 674 g/mol. The number of aliphatic hydroxyl groups excluding tert-OH is 13. The molecular weight excluding hydrogens is 624 g/mol. The highest BCUT2D eigenvalue weighted by Crippen LogP contribution is 2.33. The van der Waals surface area contributed by atoms with Crippen LogP contribution in [0.1, 0.15) is 38.5 Å². The second kappa shape index (κ2) is 16.3. The Hall–Kier alpha value is -0.720. The molecule has 4 aliphatic heterocycles.